The Morgan fingerprint density at radius 1 is 1.23 bits per heavy atom. The van der Waals surface area contributed by atoms with Gasteiger partial charge in [0.15, 0.2) is 0 Å². The first kappa shape index (κ1) is 11.7. The Morgan fingerprint density at radius 3 is 2.46 bits per heavy atom. The largest absolute Gasteiger partial charge is 0.364 e. The van der Waals surface area contributed by atoms with Crippen molar-refractivity contribution in [2.24, 2.45) is 11.8 Å². The molecule has 13 heavy (non-hydrogen) atoms. The van der Waals surface area contributed by atoms with Crippen LogP contribution in [0.5, 0.6) is 0 Å². The highest BCUT2D eigenvalue weighted by Gasteiger charge is 2.29. The van der Waals surface area contributed by atoms with Crippen LogP contribution in [0.1, 0.15) is 34.1 Å². The maximum absolute atomic E-state index is 5.91. The van der Waals surface area contributed by atoms with E-state index >= 15 is 0 Å². The lowest BCUT2D eigenvalue weighted by Crippen LogP contribution is -2.30. The van der Waals surface area contributed by atoms with Crippen LogP contribution in [0.4, 0.5) is 0 Å². The van der Waals surface area contributed by atoms with Crippen LogP contribution in [0.3, 0.4) is 0 Å². The minimum absolute atomic E-state index is 0.359. The lowest BCUT2D eigenvalue weighted by atomic mass is 9.94. The van der Waals surface area contributed by atoms with Crippen molar-refractivity contribution in [3.8, 4) is 0 Å². The molecule has 0 aromatic carbocycles. The summed E-state index contributed by atoms with van der Waals surface area (Å²) >= 11 is 0. The number of rotatable bonds is 3. The van der Waals surface area contributed by atoms with Crippen molar-refractivity contribution in [2.75, 3.05) is 5.75 Å². The molecule has 0 amide bonds. The summed E-state index contributed by atoms with van der Waals surface area (Å²) in [5.41, 5.74) is 0.416. The van der Waals surface area contributed by atoms with Crippen molar-refractivity contribution in [3.05, 3.63) is 0 Å². The van der Waals surface area contributed by atoms with Gasteiger partial charge in [0.05, 0.1) is 6.10 Å². The van der Waals surface area contributed by atoms with E-state index in [0.29, 0.717) is 11.5 Å². The van der Waals surface area contributed by atoms with Crippen LogP contribution in [0.25, 0.3) is 0 Å². The number of hydrogen-bond donors (Lipinski definition) is 0. The van der Waals surface area contributed by atoms with Crippen LogP contribution >= 0.6 is 21.6 Å². The molecule has 1 nitrogen and oxygen atoms in total. The summed E-state index contributed by atoms with van der Waals surface area (Å²) in [6.07, 6.45) is 1.67. The van der Waals surface area contributed by atoms with Crippen LogP contribution in [0.2, 0.25) is 0 Å². The first-order valence-corrected chi connectivity index (χ1v) is 7.43. The van der Waals surface area contributed by atoms with Crippen LogP contribution in [-0.2, 0) is 4.74 Å². The molecule has 1 fully saturated rings. The maximum Gasteiger partial charge on any atom is 0.116 e. The molecule has 78 valence electrons. The van der Waals surface area contributed by atoms with Crippen LogP contribution in [-0.4, -0.2) is 17.3 Å². The van der Waals surface area contributed by atoms with E-state index in [9.17, 15) is 0 Å². The molecule has 0 saturated carbocycles. The molecule has 0 radical (unpaired) electrons. The normalized spacial score (nSPS) is 30.0. The highest BCUT2D eigenvalue weighted by molar-refractivity contribution is 8.77. The van der Waals surface area contributed by atoms with E-state index < -0.39 is 0 Å². The molecule has 1 heterocycles. The van der Waals surface area contributed by atoms with Gasteiger partial charge in [-0.2, -0.15) is 0 Å². The molecule has 1 saturated heterocycles. The minimum Gasteiger partial charge on any atom is -0.364 e. The molecule has 0 aromatic heterocycles. The zero-order valence-corrected chi connectivity index (χ0v) is 10.6. The van der Waals surface area contributed by atoms with Crippen molar-refractivity contribution >= 4 is 21.6 Å². The van der Waals surface area contributed by atoms with Crippen molar-refractivity contribution in [1.82, 2.24) is 0 Å². The third-order valence-electron chi connectivity index (χ3n) is 2.31. The van der Waals surface area contributed by atoms with Crippen molar-refractivity contribution in [1.29, 1.82) is 0 Å². The van der Waals surface area contributed by atoms with Gasteiger partial charge >= 0.3 is 0 Å². The molecule has 2 atom stereocenters. The molecular weight excluding hydrogens is 200 g/mol. The minimum atomic E-state index is 0.359. The Morgan fingerprint density at radius 2 is 1.92 bits per heavy atom. The van der Waals surface area contributed by atoms with Gasteiger partial charge in [-0.25, -0.2) is 0 Å². The van der Waals surface area contributed by atoms with E-state index in [1.165, 1.54) is 12.2 Å². The van der Waals surface area contributed by atoms with E-state index in [4.69, 9.17) is 4.74 Å². The standard InChI is InChI=1S/C10H20OS2/c1-7(2)9-5-6-12-13-10(9)11-8(3)4/h7-10H,5-6H2,1-4H3. The topological polar surface area (TPSA) is 9.23 Å². The Bertz CT molecular complexity index is 148. The molecule has 0 bridgehead atoms. The van der Waals surface area contributed by atoms with Crippen LogP contribution < -0.4 is 0 Å². The van der Waals surface area contributed by atoms with E-state index in [0.717, 1.165) is 11.8 Å². The van der Waals surface area contributed by atoms with Crippen LogP contribution in [0, 0.1) is 11.8 Å². The van der Waals surface area contributed by atoms with Gasteiger partial charge in [-0.15, -0.1) is 0 Å². The predicted molar refractivity (Wildman–Crippen MR) is 63.0 cm³/mol. The Kier molecular flexibility index (Phi) is 4.98. The lowest BCUT2D eigenvalue weighted by molar-refractivity contribution is 0.0150. The van der Waals surface area contributed by atoms with E-state index in [1.807, 2.05) is 21.6 Å². The van der Waals surface area contributed by atoms with Crippen molar-refractivity contribution in [2.45, 2.75) is 45.7 Å². The molecular formula is C10H20OS2. The number of hydrogen-bond acceptors (Lipinski definition) is 3. The first-order chi connectivity index (χ1) is 6.11. The molecule has 0 spiro atoms. The van der Waals surface area contributed by atoms with Gasteiger partial charge in [-0.3, -0.25) is 0 Å². The molecule has 0 N–H and O–H groups in total. The zero-order valence-electron chi connectivity index (χ0n) is 8.95. The summed E-state index contributed by atoms with van der Waals surface area (Å²) in [7, 11) is 3.88. The van der Waals surface area contributed by atoms with Gasteiger partial charge in [-0.1, -0.05) is 35.4 Å². The van der Waals surface area contributed by atoms with Gasteiger partial charge in [0, 0.05) is 5.75 Å². The monoisotopic (exact) mass is 220 g/mol. The summed E-state index contributed by atoms with van der Waals surface area (Å²) in [6, 6.07) is 0. The fourth-order valence-corrected chi connectivity index (χ4v) is 4.55. The van der Waals surface area contributed by atoms with Gasteiger partial charge in [0.25, 0.3) is 0 Å². The SMILES string of the molecule is CC(C)OC1SSCCC1C(C)C. The fraction of sp³-hybridized carbons (Fsp3) is 1.00. The quantitative estimate of drug-likeness (QED) is 0.670. The van der Waals surface area contributed by atoms with E-state index in [1.54, 1.807) is 0 Å². The second-order valence-corrected chi connectivity index (χ2v) is 6.75. The van der Waals surface area contributed by atoms with E-state index in [-0.39, 0.29) is 0 Å². The highest BCUT2D eigenvalue weighted by Crippen LogP contribution is 2.43. The zero-order chi connectivity index (χ0) is 9.84. The lowest BCUT2D eigenvalue weighted by Gasteiger charge is -2.34. The molecule has 1 aliphatic heterocycles. The summed E-state index contributed by atoms with van der Waals surface area (Å²) in [5, 5.41) is 0. The Balaban J connectivity index is 2.46. The smallest absolute Gasteiger partial charge is 0.116 e. The molecule has 3 heteroatoms. The van der Waals surface area contributed by atoms with E-state index in [2.05, 4.69) is 27.7 Å². The maximum atomic E-state index is 5.91. The second-order valence-electron chi connectivity index (χ2n) is 4.17. The van der Waals surface area contributed by atoms with Gasteiger partial charge in [0.2, 0.25) is 0 Å². The summed E-state index contributed by atoms with van der Waals surface area (Å²) < 4.78 is 5.91. The molecule has 2 unspecified atom stereocenters. The highest BCUT2D eigenvalue weighted by atomic mass is 33.1. The molecule has 1 rings (SSSR count). The average Bonchev–Trinajstić information content (AvgIpc) is 2.03. The molecule has 0 aliphatic carbocycles. The van der Waals surface area contributed by atoms with Crippen LogP contribution in [0.15, 0.2) is 0 Å². The summed E-state index contributed by atoms with van der Waals surface area (Å²) in [5.74, 6) is 2.77. The van der Waals surface area contributed by atoms with Gasteiger partial charge in [-0.05, 0) is 32.1 Å². The summed E-state index contributed by atoms with van der Waals surface area (Å²) in [6.45, 7) is 8.85. The van der Waals surface area contributed by atoms with Crippen molar-refractivity contribution in [3.63, 3.8) is 0 Å². The third-order valence-corrected chi connectivity index (χ3v) is 4.98. The van der Waals surface area contributed by atoms with Crippen molar-refractivity contribution < 1.29 is 4.74 Å². The van der Waals surface area contributed by atoms with Gasteiger partial charge in [0.1, 0.15) is 5.44 Å². The average molecular weight is 220 g/mol. The number of ether oxygens (including phenoxy) is 1. The third kappa shape index (κ3) is 3.72. The molecule has 0 aromatic rings. The predicted octanol–water partition coefficient (Wildman–Crippen LogP) is 3.79. The fourth-order valence-electron chi connectivity index (χ4n) is 1.55. The summed E-state index contributed by atoms with van der Waals surface area (Å²) in [4.78, 5) is 0. The van der Waals surface area contributed by atoms with Gasteiger partial charge < -0.3 is 4.74 Å². The second kappa shape index (κ2) is 5.52. The first-order valence-electron chi connectivity index (χ1n) is 5.05. The molecule has 1 aliphatic rings. The Labute approximate surface area is 89.8 Å². The Hall–Kier alpha value is 0.660.